The lowest BCUT2D eigenvalue weighted by molar-refractivity contribution is -0.133. The van der Waals surface area contributed by atoms with Crippen molar-refractivity contribution >= 4 is 17.5 Å². The molecule has 0 aliphatic carbocycles. The average Bonchev–Trinajstić information content (AvgIpc) is 3.08. The van der Waals surface area contributed by atoms with Gasteiger partial charge >= 0.3 is 0 Å². The molecule has 0 bridgehead atoms. The van der Waals surface area contributed by atoms with E-state index in [0.717, 1.165) is 31.6 Å². The average molecular weight is 413 g/mol. The van der Waals surface area contributed by atoms with Gasteiger partial charge in [-0.05, 0) is 31.9 Å². The summed E-state index contributed by atoms with van der Waals surface area (Å²) in [4.78, 5) is 33.0. The van der Waals surface area contributed by atoms with Crippen LogP contribution in [0.5, 0.6) is 0 Å². The van der Waals surface area contributed by atoms with Crippen LogP contribution in [0, 0.1) is 6.92 Å². The molecule has 160 valence electrons. The van der Waals surface area contributed by atoms with Crippen LogP contribution in [0.25, 0.3) is 0 Å². The molecule has 2 aromatic rings. The largest absolute Gasteiger partial charge is 0.373 e. The second-order valence-electron chi connectivity index (χ2n) is 7.96. The van der Waals surface area contributed by atoms with Crippen molar-refractivity contribution in [3.8, 4) is 0 Å². The smallest absolute Gasteiger partial charge is 0.246 e. The van der Waals surface area contributed by atoms with Gasteiger partial charge in [0.15, 0.2) is 5.82 Å². The first kappa shape index (κ1) is 20.5. The molecule has 9 heteroatoms. The molecule has 0 unspecified atom stereocenters. The summed E-state index contributed by atoms with van der Waals surface area (Å²) in [6.07, 6.45) is 1.87. The maximum Gasteiger partial charge on any atom is 0.246 e. The Bertz CT molecular complexity index is 877. The Kier molecular flexibility index (Phi) is 6.10. The number of aryl methyl sites for hydroxylation is 1. The number of rotatable bonds is 5. The van der Waals surface area contributed by atoms with Crippen LogP contribution in [-0.2, 0) is 20.9 Å². The Balaban J connectivity index is 1.32. The van der Waals surface area contributed by atoms with Gasteiger partial charge in [-0.2, -0.15) is 4.98 Å². The zero-order valence-electron chi connectivity index (χ0n) is 17.2. The number of piperidine rings is 1. The number of likely N-dealkylation sites (tertiary alicyclic amines) is 1. The summed E-state index contributed by atoms with van der Waals surface area (Å²) < 4.78 is 11.4. The molecular weight excluding hydrogens is 386 g/mol. The number of carbonyl (C=O) groups excluding carboxylic acids is 2. The predicted molar refractivity (Wildman–Crippen MR) is 108 cm³/mol. The van der Waals surface area contributed by atoms with Gasteiger partial charge in [-0.1, -0.05) is 23.4 Å². The van der Waals surface area contributed by atoms with Crippen molar-refractivity contribution in [3.63, 3.8) is 0 Å². The van der Waals surface area contributed by atoms with Crippen molar-refractivity contribution < 1.29 is 18.8 Å². The number of hydrogen-bond acceptors (Lipinski definition) is 7. The van der Waals surface area contributed by atoms with Gasteiger partial charge < -0.3 is 19.5 Å². The van der Waals surface area contributed by atoms with E-state index in [0.29, 0.717) is 44.4 Å². The van der Waals surface area contributed by atoms with Gasteiger partial charge in [0.2, 0.25) is 17.7 Å². The highest BCUT2D eigenvalue weighted by molar-refractivity contribution is 5.92. The first-order valence-electron chi connectivity index (χ1n) is 10.3. The number of ether oxygens (including phenoxy) is 1. The fourth-order valence-corrected chi connectivity index (χ4v) is 4.05. The Labute approximate surface area is 175 Å². The van der Waals surface area contributed by atoms with Crippen LogP contribution in [0.3, 0.4) is 0 Å². The van der Waals surface area contributed by atoms with Gasteiger partial charge in [-0.15, -0.1) is 0 Å². The first-order valence-corrected chi connectivity index (χ1v) is 10.3. The van der Waals surface area contributed by atoms with Crippen molar-refractivity contribution in [2.24, 2.45) is 0 Å². The highest BCUT2D eigenvalue weighted by Gasteiger charge is 2.41. The molecule has 2 fully saturated rings. The zero-order chi connectivity index (χ0) is 21.0. The third-order valence-electron chi connectivity index (χ3n) is 5.64. The highest BCUT2D eigenvalue weighted by Crippen LogP contribution is 2.30. The van der Waals surface area contributed by atoms with Gasteiger partial charge in [0.25, 0.3) is 0 Å². The molecule has 4 rings (SSSR count). The topological polar surface area (TPSA) is 101 Å². The second-order valence-corrected chi connectivity index (χ2v) is 7.96. The third-order valence-corrected chi connectivity index (χ3v) is 5.64. The molecule has 3 heterocycles. The summed E-state index contributed by atoms with van der Waals surface area (Å²) in [5.74, 6) is 1.00. The standard InChI is InChI=1S/C21H27N5O4/c1-16-22-19(30-24-16)14-26-15-21(29-12-7-20(26)28)8-10-25(11-9-21)13-18(27)23-17-5-3-2-4-6-17/h2-6H,7-15H2,1H3,(H,23,27). The molecule has 1 N–H and O–H groups in total. The van der Waals surface area contributed by atoms with Crippen LogP contribution >= 0.6 is 0 Å². The fourth-order valence-electron chi connectivity index (χ4n) is 4.05. The zero-order valence-corrected chi connectivity index (χ0v) is 17.2. The minimum absolute atomic E-state index is 0.0255. The fraction of sp³-hybridized carbons (Fsp3) is 0.524. The van der Waals surface area contributed by atoms with Crippen molar-refractivity contribution in [1.82, 2.24) is 19.9 Å². The summed E-state index contributed by atoms with van der Waals surface area (Å²) in [6.45, 7) is 4.78. The Hall–Kier alpha value is -2.78. The highest BCUT2D eigenvalue weighted by atomic mass is 16.5. The van der Waals surface area contributed by atoms with Crippen LogP contribution < -0.4 is 5.32 Å². The molecule has 1 aromatic heterocycles. The first-order chi connectivity index (χ1) is 14.5. The third kappa shape index (κ3) is 5.03. The van der Waals surface area contributed by atoms with Gasteiger partial charge in [0.1, 0.15) is 6.54 Å². The SMILES string of the molecule is Cc1noc(CN2CC3(CCN(CC(=O)Nc4ccccc4)CC3)OCCC2=O)n1. The lowest BCUT2D eigenvalue weighted by Crippen LogP contribution is -2.52. The molecular formula is C21H27N5O4. The minimum atomic E-state index is -0.395. The Morgan fingerprint density at radius 3 is 2.70 bits per heavy atom. The number of hydrogen-bond donors (Lipinski definition) is 1. The van der Waals surface area contributed by atoms with Gasteiger partial charge in [0, 0.05) is 18.8 Å². The molecule has 1 spiro atoms. The van der Waals surface area contributed by atoms with Crippen LogP contribution in [0.4, 0.5) is 5.69 Å². The molecule has 30 heavy (non-hydrogen) atoms. The van der Waals surface area contributed by atoms with E-state index >= 15 is 0 Å². The van der Waals surface area contributed by atoms with E-state index < -0.39 is 5.60 Å². The summed E-state index contributed by atoms with van der Waals surface area (Å²) in [5.41, 5.74) is 0.404. The van der Waals surface area contributed by atoms with Crippen LogP contribution in [-0.4, -0.2) is 70.1 Å². The number of benzene rings is 1. The van der Waals surface area contributed by atoms with E-state index in [9.17, 15) is 9.59 Å². The molecule has 2 amide bonds. The van der Waals surface area contributed by atoms with E-state index in [1.165, 1.54) is 0 Å². The van der Waals surface area contributed by atoms with Gasteiger partial charge in [0.05, 0.1) is 31.7 Å². The van der Waals surface area contributed by atoms with E-state index in [2.05, 4.69) is 20.4 Å². The molecule has 0 atom stereocenters. The number of nitrogens with zero attached hydrogens (tertiary/aromatic N) is 4. The molecule has 2 saturated heterocycles. The van der Waals surface area contributed by atoms with E-state index in [4.69, 9.17) is 9.26 Å². The van der Waals surface area contributed by atoms with Crippen molar-refractivity contribution in [1.29, 1.82) is 0 Å². The molecule has 2 aliphatic heterocycles. The maximum atomic E-state index is 12.5. The van der Waals surface area contributed by atoms with Crippen LogP contribution in [0.15, 0.2) is 34.9 Å². The minimum Gasteiger partial charge on any atom is -0.373 e. The van der Waals surface area contributed by atoms with E-state index in [1.807, 2.05) is 30.3 Å². The number of carbonyl (C=O) groups is 2. The molecule has 0 radical (unpaired) electrons. The lowest BCUT2D eigenvalue weighted by atomic mass is 9.90. The Morgan fingerprint density at radius 2 is 2.00 bits per heavy atom. The maximum absolute atomic E-state index is 12.5. The number of anilines is 1. The molecule has 9 nitrogen and oxygen atoms in total. The second kappa shape index (κ2) is 8.93. The Morgan fingerprint density at radius 1 is 1.23 bits per heavy atom. The number of aromatic nitrogens is 2. The molecule has 2 aliphatic rings. The van der Waals surface area contributed by atoms with Crippen molar-refractivity contribution in [2.45, 2.75) is 38.3 Å². The number of para-hydroxylation sites is 1. The quantitative estimate of drug-likeness (QED) is 0.794. The summed E-state index contributed by atoms with van der Waals surface area (Å²) in [7, 11) is 0. The predicted octanol–water partition coefficient (Wildman–Crippen LogP) is 1.60. The van der Waals surface area contributed by atoms with E-state index in [1.54, 1.807) is 11.8 Å². The molecule has 0 saturated carbocycles. The van der Waals surface area contributed by atoms with Crippen LogP contribution in [0.1, 0.15) is 31.0 Å². The normalized spacial score (nSPS) is 19.6. The van der Waals surface area contributed by atoms with Crippen molar-refractivity contribution in [3.05, 3.63) is 42.0 Å². The number of nitrogens with one attached hydrogen (secondary N) is 1. The summed E-state index contributed by atoms with van der Waals surface area (Å²) >= 11 is 0. The van der Waals surface area contributed by atoms with Gasteiger partial charge in [-0.3, -0.25) is 14.5 Å². The summed E-state index contributed by atoms with van der Waals surface area (Å²) in [5, 5.41) is 6.73. The van der Waals surface area contributed by atoms with Crippen molar-refractivity contribution in [2.75, 3.05) is 38.1 Å². The monoisotopic (exact) mass is 413 g/mol. The summed E-state index contributed by atoms with van der Waals surface area (Å²) in [6, 6.07) is 9.46. The lowest BCUT2D eigenvalue weighted by Gasteiger charge is -2.42. The number of amides is 2. The molecule has 1 aromatic carbocycles. The van der Waals surface area contributed by atoms with E-state index in [-0.39, 0.29) is 11.8 Å². The van der Waals surface area contributed by atoms with Crippen LogP contribution in [0.2, 0.25) is 0 Å². The van der Waals surface area contributed by atoms with Gasteiger partial charge in [-0.25, -0.2) is 0 Å².